The summed E-state index contributed by atoms with van der Waals surface area (Å²) in [5, 5.41) is 2.20. The molecule has 72 valence electrons. The average Bonchev–Trinajstić information content (AvgIpc) is 2.23. The first-order valence-corrected chi connectivity index (χ1v) is 4.73. The lowest BCUT2D eigenvalue weighted by Gasteiger charge is -2.08. The molecule has 2 N–H and O–H groups in total. The van der Waals surface area contributed by atoms with Gasteiger partial charge in [-0.25, -0.2) is 0 Å². The van der Waals surface area contributed by atoms with E-state index in [1.165, 1.54) is 0 Å². The van der Waals surface area contributed by atoms with E-state index in [0.717, 1.165) is 22.2 Å². The van der Waals surface area contributed by atoms with Crippen molar-refractivity contribution in [2.24, 2.45) is 0 Å². The Labute approximate surface area is 83.3 Å². The first-order chi connectivity index (χ1) is 6.83. The zero-order valence-corrected chi connectivity index (χ0v) is 8.16. The topological polar surface area (TPSA) is 35.2 Å². The molecule has 0 aromatic heterocycles. The quantitative estimate of drug-likeness (QED) is 0.734. The summed E-state index contributed by atoms with van der Waals surface area (Å²) in [5.74, 6) is 0.770. The second-order valence-electron chi connectivity index (χ2n) is 3.13. The van der Waals surface area contributed by atoms with Gasteiger partial charge in [0.2, 0.25) is 0 Å². The molecule has 0 saturated heterocycles. The molecule has 0 heterocycles. The van der Waals surface area contributed by atoms with Crippen LogP contribution in [0.4, 0.5) is 5.69 Å². The Kier molecular flexibility index (Phi) is 2.27. The first-order valence-electron chi connectivity index (χ1n) is 4.73. The van der Waals surface area contributed by atoms with E-state index < -0.39 is 0 Å². The molecule has 0 aliphatic rings. The molecule has 2 aromatic rings. The Bertz CT molecular complexity index is 451. The van der Waals surface area contributed by atoms with E-state index in [0.29, 0.717) is 6.61 Å². The molecule has 0 radical (unpaired) electrons. The molecule has 2 heteroatoms. The minimum Gasteiger partial charge on any atom is -0.492 e. The monoisotopic (exact) mass is 187 g/mol. The number of rotatable bonds is 2. The molecule has 0 spiro atoms. The fourth-order valence-corrected chi connectivity index (χ4v) is 1.56. The van der Waals surface area contributed by atoms with Crippen molar-refractivity contribution in [2.45, 2.75) is 6.92 Å². The highest BCUT2D eigenvalue weighted by atomic mass is 16.5. The molecule has 0 amide bonds. The van der Waals surface area contributed by atoms with E-state index in [1.807, 2.05) is 43.3 Å². The Morgan fingerprint density at radius 2 is 1.93 bits per heavy atom. The van der Waals surface area contributed by atoms with Crippen molar-refractivity contribution < 1.29 is 4.74 Å². The van der Waals surface area contributed by atoms with E-state index in [9.17, 15) is 0 Å². The van der Waals surface area contributed by atoms with Gasteiger partial charge in [0.1, 0.15) is 5.75 Å². The number of nitrogen functional groups attached to an aromatic ring is 1. The van der Waals surface area contributed by atoms with Crippen molar-refractivity contribution >= 4 is 16.5 Å². The summed E-state index contributed by atoms with van der Waals surface area (Å²) < 4.78 is 5.42. The van der Waals surface area contributed by atoms with Crippen LogP contribution in [-0.4, -0.2) is 6.61 Å². The highest BCUT2D eigenvalue weighted by molar-refractivity contribution is 5.95. The summed E-state index contributed by atoms with van der Waals surface area (Å²) in [6.45, 7) is 2.59. The standard InChI is InChI=1S/C12H13NO/c1-2-14-11-8-7-9-5-3-4-6-10(9)12(11)13/h3-8H,2,13H2,1H3. The van der Waals surface area contributed by atoms with Gasteiger partial charge in [-0.1, -0.05) is 30.3 Å². The second kappa shape index (κ2) is 3.58. The maximum atomic E-state index is 5.98. The zero-order valence-electron chi connectivity index (χ0n) is 8.16. The van der Waals surface area contributed by atoms with Crippen molar-refractivity contribution in [3.8, 4) is 5.75 Å². The van der Waals surface area contributed by atoms with Crippen LogP contribution in [-0.2, 0) is 0 Å². The Morgan fingerprint density at radius 3 is 2.71 bits per heavy atom. The molecule has 2 nitrogen and oxygen atoms in total. The molecule has 0 aliphatic heterocycles. The summed E-state index contributed by atoms with van der Waals surface area (Å²) in [6.07, 6.45) is 0. The largest absolute Gasteiger partial charge is 0.492 e. The molecular formula is C12H13NO. The van der Waals surface area contributed by atoms with Gasteiger partial charge in [0.05, 0.1) is 12.3 Å². The van der Waals surface area contributed by atoms with Gasteiger partial charge < -0.3 is 10.5 Å². The third-order valence-electron chi connectivity index (χ3n) is 2.23. The third kappa shape index (κ3) is 1.39. The minimum absolute atomic E-state index is 0.641. The van der Waals surface area contributed by atoms with E-state index >= 15 is 0 Å². The van der Waals surface area contributed by atoms with Gasteiger partial charge in [-0.3, -0.25) is 0 Å². The van der Waals surface area contributed by atoms with Crippen LogP contribution in [0, 0.1) is 0 Å². The van der Waals surface area contributed by atoms with Crippen LogP contribution in [0.3, 0.4) is 0 Å². The highest BCUT2D eigenvalue weighted by Gasteiger charge is 2.03. The molecule has 14 heavy (non-hydrogen) atoms. The van der Waals surface area contributed by atoms with E-state index in [1.54, 1.807) is 0 Å². The fourth-order valence-electron chi connectivity index (χ4n) is 1.56. The number of fused-ring (bicyclic) bond motifs is 1. The van der Waals surface area contributed by atoms with E-state index in [2.05, 4.69) is 0 Å². The lowest BCUT2D eigenvalue weighted by atomic mass is 10.1. The van der Waals surface area contributed by atoms with Gasteiger partial charge in [-0.2, -0.15) is 0 Å². The van der Waals surface area contributed by atoms with Crippen molar-refractivity contribution in [2.75, 3.05) is 12.3 Å². The molecule has 0 unspecified atom stereocenters. The van der Waals surface area contributed by atoms with Crippen LogP contribution in [0.15, 0.2) is 36.4 Å². The van der Waals surface area contributed by atoms with Gasteiger partial charge >= 0.3 is 0 Å². The van der Waals surface area contributed by atoms with Gasteiger partial charge in [0, 0.05) is 5.39 Å². The summed E-state index contributed by atoms with van der Waals surface area (Å²) >= 11 is 0. The van der Waals surface area contributed by atoms with Crippen LogP contribution in [0.5, 0.6) is 5.75 Å². The van der Waals surface area contributed by atoms with Gasteiger partial charge in [-0.05, 0) is 18.4 Å². The average molecular weight is 187 g/mol. The molecule has 0 saturated carbocycles. The molecule has 2 aromatic carbocycles. The van der Waals surface area contributed by atoms with Crippen LogP contribution in [0.2, 0.25) is 0 Å². The SMILES string of the molecule is CCOc1ccc2ccccc2c1N. The number of nitrogens with two attached hydrogens (primary N) is 1. The zero-order chi connectivity index (χ0) is 9.97. The normalized spacial score (nSPS) is 10.4. The first kappa shape index (κ1) is 8.88. The maximum Gasteiger partial charge on any atom is 0.142 e. The molecule has 0 fully saturated rings. The van der Waals surface area contributed by atoms with Crippen molar-refractivity contribution in [3.63, 3.8) is 0 Å². The summed E-state index contributed by atoms with van der Waals surface area (Å²) in [4.78, 5) is 0. The molecule has 2 rings (SSSR count). The molecule has 0 bridgehead atoms. The van der Waals surface area contributed by atoms with Gasteiger partial charge in [0.25, 0.3) is 0 Å². The van der Waals surface area contributed by atoms with E-state index in [4.69, 9.17) is 10.5 Å². The van der Waals surface area contributed by atoms with E-state index in [-0.39, 0.29) is 0 Å². The smallest absolute Gasteiger partial charge is 0.142 e. The van der Waals surface area contributed by atoms with Crippen LogP contribution < -0.4 is 10.5 Å². The summed E-state index contributed by atoms with van der Waals surface area (Å²) in [6, 6.07) is 12.0. The Hall–Kier alpha value is -1.70. The third-order valence-corrected chi connectivity index (χ3v) is 2.23. The molecular weight excluding hydrogens is 174 g/mol. The number of hydrogen-bond acceptors (Lipinski definition) is 2. The Balaban J connectivity index is 2.63. The highest BCUT2D eigenvalue weighted by Crippen LogP contribution is 2.30. The summed E-state index contributed by atoms with van der Waals surface area (Å²) in [5.41, 5.74) is 6.71. The number of hydrogen-bond donors (Lipinski definition) is 1. The molecule has 0 atom stereocenters. The minimum atomic E-state index is 0.641. The lowest BCUT2D eigenvalue weighted by molar-refractivity contribution is 0.342. The van der Waals surface area contributed by atoms with Gasteiger partial charge in [0.15, 0.2) is 0 Å². The van der Waals surface area contributed by atoms with Crippen molar-refractivity contribution in [3.05, 3.63) is 36.4 Å². The van der Waals surface area contributed by atoms with Crippen molar-refractivity contribution in [1.29, 1.82) is 0 Å². The molecule has 0 aliphatic carbocycles. The van der Waals surface area contributed by atoms with Crippen LogP contribution in [0.1, 0.15) is 6.92 Å². The fraction of sp³-hybridized carbons (Fsp3) is 0.167. The van der Waals surface area contributed by atoms with Crippen molar-refractivity contribution in [1.82, 2.24) is 0 Å². The summed E-state index contributed by atoms with van der Waals surface area (Å²) in [7, 11) is 0. The maximum absolute atomic E-state index is 5.98. The Morgan fingerprint density at radius 1 is 1.14 bits per heavy atom. The van der Waals surface area contributed by atoms with Gasteiger partial charge in [-0.15, -0.1) is 0 Å². The number of anilines is 1. The predicted molar refractivity (Wildman–Crippen MR) is 59.5 cm³/mol. The predicted octanol–water partition coefficient (Wildman–Crippen LogP) is 2.82. The number of benzene rings is 2. The second-order valence-corrected chi connectivity index (χ2v) is 3.13. The van der Waals surface area contributed by atoms with Crippen LogP contribution >= 0.6 is 0 Å². The lowest BCUT2D eigenvalue weighted by Crippen LogP contribution is -1.97. The number of ether oxygens (including phenoxy) is 1. The van der Waals surface area contributed by atoms with Crippen LogP contribution in [0.25, 0.3) is 10.8 Å².